The van der Waals surface area contributed by atoms with Crippen LogP contribution in [0.5, 0.6) is 0 Å². The van der Waals surface area contributed by atoms with E-state index in [4.69, 9.17) is 0 Å². The normalized spacial score (nSPS) is 20.1. The van der Waals surface area contributed by atoms with Gasteiger partial charge in [0.15, 0.2) is 0 Å². The highest BCUT2D eigenvalue weighted by molar-refractivity contribution is 4.76. The molecule has 0 saturated heterocycles. The van der Waals surface area contributed by atoms with Gasteiger partial charge in [-0.05, 0) is 5.92 Å². The third-order valence-corrected chi connectivity index (χ3v) is 2.83. The predicted molar refractivity (Wildman–Crippen MR) is 56.3 cm³/mol. The fourth-order valence-corrected chi connectivity index (χ4v) is 1.97. The quantitative estimate of drug-likeness (QED) is 0.636. The first kappa shape index (κ1) is 10.6. The number of unbranched alkanes of at least 4 members (excludes halogenated alkanes) is 1. The molecule has 0 spiro atoms. The van der Waals surface area contributed by atoms with E-state index in [0.717, 1.165) is 5.92 Å². The van der Waals surface area contributed by atoms with Gasteiger partial charge in [-0.1, -0.05) is 58.3 Å². The topological polar surface area (TPSA) is 12.5 Å². The molecule has 1 aliphatic heterocycles. The minimum Gasteiger partial charge on any atom is -0.466 e. The highest BCUT2D eigenvalue weighted by Gasteiger charge is 2.11. The van der Waals surface area contributed by atoms with E-state index in [1.54, 1.807) is 12.5 Å². The molecule has 1 heteroatoms. The van der Waals surface area contributed by atoms with Crippen LogP contribution in [0, 0.1) is 5.92 Å². The molecule has 1 nitrogen and oxygen atoms in total. The Kier molecular flexibility index (Phi) is 5.71. The van der Waals surface area contributed by atoms with E-state index < -0.39 is 0 Å². The van der Waals surface area contributed by atoms with Gasteiger partial charge in [-0.25, -0.2) is 0 Å². The average molecular weight is 182 g/mol. The second-order valence-corrected chi connectivity index (χ2v) is 4.05. The fraction of sp³-hybridized carbons (Fsp3) is 0.833. The van der Waals surface area contributed by atoms with Crippen molar-refractivity contribution in [3.8, 4) is 0 Å². The van der Waals surface area contributed by atoms with Crippen molar-refractivity contribution in [2.45, 2.75) is 58.3 Å². The lowest BCUT2D eigenvalue weighted by molar-refractivity contribution is 0.331. The molecule has 0 radical (unpaired) electrons. The maximum absolute atomic E-state index is 4.25. The first-order valence-corrected chi connectivity index (χ1v) is 5.74. The number of rotatable bonds is 3. The van der Waals surface area contributed by atoms with Crippen molar-refractivity contribution in [2.24, 2.45) is 5.92 Å². The summed E-state index contributed by atoms with van der Waals surface area (Å²) in [5.74, 6) is 1.11. The predicted octanol–water partition coefficient (Wildman–Crippen LogP) is 4.24. The Bertz CT molecular complexity index is 130. The third-order valence-electron chi connectivity index (χ3n) is 2.83. The first-order chi connectivity index (χ1) is 6.43. The van der Waals surface area contributed by atoms with Gasteiger partial charge in [0.05, 0.1) is 0 Å². The maximum Gasteiger partial charge on any atom is 0.125 e. The molecule has 13 heavy (non-hydrogen) atoms. The van der Waals surface area contributed by atoms with E-state index in [1.807, 2.05) is 0 Å². The molecule has 2 rings (SSSR count). The van der Waals surface area contributed by atoms with Gasteiger partial charge in [0, 0.05) is 0 Å². The fourth-order valence-electron chi connectivity index (χ4n) is 1.97. The molecule has 0 aromatic rings. The van der Waals surface area contributed by atoms with Crippen LogP contribution in [-0.2, 0) is 4.74 Å². The smallest absolute Gasteiger partial charge is 0.125 e. The van der Waals surface area contributed by atoms with E-state index in [0.29, 0.717) is 0 Å². The molecule has 0 amide bonds. The molecule has 1 saturated carbocycles. The monoisotopic (exact) mass is 182 g/mol. The lowest BCUT2D eigenvalue weighted by Gasteiger charge is -2.20. The zero-order valence-corrected chi connectivity index (χ0v) is 8.80. The molecule has 1 heterocycles. The van der Waals surface area contributed by atoms with Crippen LogP contribution in [-0.4, -0.2) is 0 Å². The van der Waals surface area contributed by atoms with Crippen LogP contribution in [0.2, 0.25) is 0 Å². The zero-order chi connectivity index (χ0) is 9.36. The average Bonchev–Trinajstić information content (AvgIpc) is 3.03. The summed E-state index contributed by atoms with van der Waals surface area (Å²) in [5.41, 5.74) is 0. The van der Waals surface area contributed by atoms with Gasteiger partial charge in [-0.15, -0.1) is 0 Å². The molecule has 1 aliphatic carbocycles. The van der Waals surface area contributed by atoms with Crippen molar-refractivity contribution < 1.29 is 4.74 Å². The maximum atomic E-state index is 4.25. The second-order valence-electron chi connectivity index (χ2n) is 4.05. The van der Waals surface area contributed by atoms with Crippen LogP contribution in [0.1, 0.15) is 58.3 Å². The Labute approximate surface area is 82.2 Å². The summed E-state index contributed by atoms with van der Waals surface area (Å²) in [4.78, 5) is 0. The first-order valence-electron chi connectivity index (χ1n) is 5.74. The highest BCUT2D eigenvalue weighted by Crippen LogP contribution is 2.27. The molecular weight excluding hydrogens is 160 g/mol. The van der Waals surface area contributed by atoms with Crippen molar-refractivity contribution in [1.82, 2.24) is 0 Å². The Morgan fingerprint density at radius 3 is 2.23 bits per heavy atom. The van der Waals surface area contributed by atoms with Gasteiger partial charge in [-0.3, -0.25) is 0 Å². The molecule has 0 N–H and O–H groups in total. The summed E-state index contributed by atoms with van der Waals surface area (Å²) >= 11 is 0. The molecule has 0 bridgehead atoms. The zero-order valence-electron chi connectivity index (χ0n) is 8.80. The number of hydrogen-bond donors (Lipinski definition) is 0. The minimum atomic E-state index is 1.11. The van der Waals surface area contributed by atoms with Crippen molar-refractivity contribution in [2.75, 3.05) is 0 Å². The standard InChI is InChI=1S/C10H20.C2H2O/c1-2-3-7-10-8-5-4-6-9-10;1-2-3-1/h10H,2-9H2,1H3;1-2H. The molecule has 1 fully saturated rings. The summed E-state index contributed by atoms with van der Waals surface area (Å²) in [7, 11) is 0. The minimum absolute atomic E-state index is 1.11. The lowest BCUT2D eigenvalue weighted by atomic mass is 9.86. The molecule has 0 aromatic heterocycles. The number of ether oxygens (including phenoxy) is 1. The summed E-state index contributed by atoms with van der Waals surface area (Å²) < 4.78 is 4.25. The largest absolute Gasteiger partial charge is 0.466 e. The van der Waals surface area contributed by atoms with E-state index in [1.165, 1.54) is 51.4 Å². The van der Waals surface area contributed by atoms with Crippen molar-refractivity contribution in [1.29, 1.82) is 0 Å². The number of hydrogen-bond acceptors (Lipinski definition) is 1. The van der Waals surface area contributed by atoms with Gasteiger partial charge < -0.3 is 4.74 Å². The molecular formula is C12H22O. The van der Waals surface area contributed by atoms with Crippen LogP contribution in [0.4, 0.5) is 0 Å². The summed E-state index contributed by atoms with van der Waals surface area (Å²) in [5, 5.41) is 0. The molecule has 76 valence electrons. The van der Waals surface area contributed by atoms with E-state index in [9.17, 15) is 0 Å². The van der Waals surface area contributed by atoms with Gasteiger partial charge in [0.2, 0.25) is 0 Å². The van der Waals surface area contributed by atoms with Crippen LogP contribution in [0.3, 0.4) is 0 Å². The van der Waals surface area contributed by atoms with Gasteiger partial charge in [-0.2, -0.15) is 0 Å². The van der Waals surface area contributed by atoms with Crippen molar-refractivity contribution in [3.05, 3.63) is 12.5 Å². The third kappa shape index (κ3) is 6.68. The summed E-state index contributed by atoms with van der Waals surface area (Å²) in [6.07, 6.45) is 15.2. The summed E-state index contributed by atoms with van der Waals surface area (Å²) in [6.45, 7) is 2.29. The second kappa shape index (κ2) is 6.99. The SMILES string of the molecule is C1=CO1.CCCCC1CCCCC1. The Hall–Kier alpha value is -0.460. The van der Waals surface area contributed by atoms with E-state index >= 15 is 0 Å². The Morgan fingerprint density at radius 1 is 1.15 bits per heavy atom. The summed E-state index contributed by atoms with van der Waals surface area (Å²) in [6, 6.07) is 0. The van der Waals surface area contributed by atoms with Gasteiger partial charge in [0.25, 0.3) is 0 Å². The van der Waals surface area contributed by atoms with Gasteiger partial charge in [0.1, 0.15) is 12.5 Å². The van der Waals surface area contributed by atoms with E-state index in [2.05, 4.69) is 11.7 Å². The van der Waals surface area contributed by atoms with E-state index in [-0.39, 0.29) is 0 Å². The molecule has 2 aliphatic rings. The highest BCUT2D eigenvalue weighted by atomic mass is 16.5. The Morgan fingerprint density at radius 2 is 1.77 bits per heavy atom. The van der Waals surface area contributed by atoms with Gasteiger partial charge >= 0.3 is 0 Å². The van der Waals surface area contributed by atoms with Crippen LogP contribution < -0.4 is 0 Å². The van der Waals surface area contributed by atoms with Crippen molar-refractivity contribution in [3.63, 3.8) is 0 Å². The van der Waals surface area contributed by atoms with Crippen LogP contribution in [0.15, 0.2) is 12.5 Å². The lowest BCUT2D eigenvalue weighted by Crippen LogP contribution is -2.05. The van der Waals surface area contributed by atoms with Crippen molar-refractivity contribution >= 4 is 0 Å². The van der Waals surface area contributed by atoms with Crippen LogP contribution >= 0.6 is 0 Å². The molecule has 0 unspecified atom stereocenters. The van der Waals surface area contributed by atoms with Crippen LogP contribution in [0.25, 0.3) is 0 Å². The Balaban J connectivity index is 0.000000236. The molecule has 0 aromatic carbocycles. The molecule has 0 atom stereocenters.